The summed E-state index contributed by atoms with van der Waals surface area (Å²) in [4.78, 5) is 23.6. The van der Waals surface area contributed by atoms with Gasteiger partial charge in [-0.25, -0.2) is 0 Å². The topological polar surface area (TPSA) is 71.1 Å². The van der Waals surface area contributed by atoms with Crippen LogP contribution in [0.3, 0.4) is 0 Å². The first-order valence-electron chi connectivity index (χ1n) is 8.80. The number of esters is 2. The zero-order valence-corrected chi connectivity index (χ0v) is 14.0. The standard InChI is InChI=1S/C17H28O6/c1-2-17(11-7-13-21-17)23-15(19)9-4-3-8-14(18)22-16-10-5-6-12-20-16/h16H,2-13H2,1H3. The lowest BCUT2D eigenvalue weighted by molar-refractivity contribution is -0.214. The van der Waals surface area contributed by atoms with Crippen LogP contribution in [0.4, 0.5) is 0 Å². The van der Waals surface area contributed by atoms with Crippen molar-refractivity contribution < 1.29 is 28.5 Å². The molecule has 0 aromatic carbocycles. The summed E-state index contributed by atoms with van der Waals surface area (Å²) in [6.07, 6.45) is 6.65. The summed E-state index contributed by atoms with van der Waals surface area (Å²) in [6.45, 7) is 3.27. The molecule has 23 heavy (non-hydrogen) atoms. The van der Waals surface area contributed by atoms with Crippen molar-refractivity contribution in [3.8, 4) is 0 Å². The number of rotatable bonds is 8. The van der Waals surface area contributed by atoms with E-state index in [1.807, 2.05) is 6.92 Å². The first kappa shape index (κ1) is 18.2. The Morgan fingerprint density at radius 3 is 2.48 bits per heavy atom. The van der Waals surface area contributed by atoms with Crippen LogP contribution in [0.2, 0.25) is 0 Å². The van der Waals surface area contributed by atoms with Crippen molar-refractivity contribution in [2.75, 3.05) is 13.2 Å². The van der Waals surface area contributed by atoms with E-state index in [0.717, 1.165) is 32.1 Å². The Balaban J connectivity index is 1.55. The monoisotopic (exact) mass is 328 g/mol. The van der Waals surface area contributed by atoms with Gasteiger partial charge in [-0.3, -0.25) is 9.59 Å². The van der Waals surface area contributed by atoms with Crippen LogP contribution in [0.25, 0.3) is 0 Å². The van der Waals surface area contributed by atoms with Gasteiger partial charge in [0.25, 0.3) is 0 Å². The molecule has 2 fully saturated rings. The highest BCUT2D eigenvalue weighted by atomic mass is 16.7. The lowest BCUT2D eigenvalue weighted by Gasteiger charge is -2.26. The summed E-state index contributed by atoms with van der Waals surface area (Å²) in [5, 5.41) is 0. The molecule has 0 aromatic rings. The SMILES string of the molecule is CCC1(OC(=O)CCCCC(=O)OC2CCCCO2)CCCO1. The Hall–Kier alpha value is -1.14. The molecule has 2 atom stereocenters. The molecule has 0 radical (unpaired) electrons. The van der Waals surface area contributed by atoms with Gasteiger partial charge in [0.15, 0.2) is 0 Å². The summed E-state index contributed by atoms with van der Waals surface area (Å²) in [7, 11) is 0. The van der Waals surface area contributed by atoms with Crippen molar-refractivity contribution in [1.29, 1.82) is 0 Å². The third-order valence-electron chi connectivity index (χ3n) is 4.32. The maximum absolute atomic E-state index is 11.9. The predicted molar refractivity (Wildman–Crippen MR) is 82.5 cm³/mol. The second-order valence-corrected chi connectivity index (χ2v) is 6.18. The number of hydrogen-bond donors (Lipinski definition) is 0. The van der Waals surface area contributed by atoms with Crippen LogP contribution in [-0.2, 0) is 28.5 Å². The van der Waals surface area contributed by atoms with E-state index >= 15 is 0 Å². The van der Waals surface area contributed by atoms with E-state index in [0.29, 0.717) is 45.3 Å². The fourth-order valence-electron chi connectivity index (χ4n) is 2.91. The molecule has 2 saturated heterocycles. The Bertz CT molecular complexity index is 383. The maximum atomic E-state index is 11.9. The molecular weight excluding hydrogens is 300 g/mol. The molecule has 2 unspecified atom stereocenters. The predicted octanol–water partition coefficient (Wildman–Crippen LogP) is 3.08. The fraction of sp³-hybridized carbons (Fsp3) is 0.882. The summed E-state index contributed by atoms with van der Waals surface area (Å²) in [5.41, 5.74) is 0. The van der Waals surface area contributed by atoms with Gasteiger partial charge in [-0.2, -0.15) is 0 Å². The van der Waals surface area contributed by atoms with Crippen LogP contribution in [-0.4, -0.2) is 37.2 Å². The second kappa shape index (κ2) is 9.23. The third kappa shape index (κ3) is 6.11. The van der Waals surface area contributed by atoms with E-state index in [-0.39, 0.29) is 18.2 Å². The van der Waals surface area contributed by atoms with E-state index in [1.54, 1.807) is 0 Å². The Labute approximate surface area is 137 Å². The molecule has 6 nitrogen and oxygen atoms in total. The van der Waals surface area contributed by atoms with Gasteiger partial charge < -0.3 is 18.9 Å². The Morgan fingerprint density at radius 1 is 1.09 bits per heavy atom. The van der Waals surface area contributed by atoms with Gasteiger partial charge in [-0.15, -0.1) is 0 Å². The van der Waals surface area contributed by atoms with Gasteiger partial charge in [0.1, 0.15) is 0 Å². The van der Waals surface area contributed by atoms with Crippen LogP contribution in [0.15, 0.2) is 0 Å². The van der Waals surface area contributed by atoms with Crippen molar-refractivity contribution in [1.82, 2.24) is 0 Å². The second-order valence-electron chi connectivity index (χ2n) is 6.18. The fourth-order valence-corrected chi connectivity index (χ4v) is 2.91. The molecule has 132 valence electrons. The highest BCUT2D eigenvalue weighted by Crippen LogP contribution is 2.30. The van der Waals surface area contributed by atoms with Crippen LogP contribution in [0.1, 0.15) is 71.1 Å². The number of ether oxygens (including phenoxy) is 4. The van der Waals surface area contributed by atoms with Crippen molar-refractivity contribution >= 4 is 11.9 Å². The number of hydrogen-bond acceptors (Lipinski definition) is 6. The van der Waals surface area contributed by atoms with Crippen molar-refractivity contribution in [3.63, 3.8) is 0 Å². The molecule has 0 saturated carbocycles. The zero-order valence-electron chi connectivity index (χ0n) is 14.0. The van der Waals surface area contributed by atoms with Gasteiger partial charge in [0.2, 0.25) is 12.1 Å². The molecule has 2 aliphatic heterocycles. The molecule has 0 spiro atoms. The van der Waals surface area contributed by atoms with E-state index in [1.165, 1.54) is 0 Å². The van der Waals surface area contributed by atoms with E-state index in [9.17, 15) is 9.59 Å². The highest BCUT2D eigenvalue weighted by molar-refractivity contribution is 5.71. The average molecular weight is 328 g/mol. The minimum absolute atomic E-state index is 0.252. The van der Waals surface area contributed by atoms with Crippen molar-refractivity contribution in [2.45, 2.75) is 83.2 Å². The first-order chi connectivity index (χ1) is 11.1. The quantitative estimate of drug-likeness (QED) is 0.504. The molecule has 2 rings (SSSR count). The van der Waals surface area contributed by atoms with Crippen LogP contribution in [0.5, 0.6) is 0 Å². The minimum Gasteiger partial charge on any atom is -0.436 e. The van der Waals surface area contributed by atoms with Gasteiger partial charge in [-0.05, 0) is 32.1 Å². The largest absolute Gasteiger partial charge is 0.436 e. The van der Waals surface area contributed by atoms with Crippen molar-refractivity contribution in [3.05, 3.63) is 0 Å². The maximum Gasteiger partial charge on any atom is 0.308 e. The Kier molecular flexibility index (Phi) is 7.30. The minimum atomic E-state index is -0.714. The summed E-state index contributed by atoms with van der Waals surface area (Å²) < 4.78 is 21.6. The van der Waals surface area contributed by atoms with E-state index in [4.69, 9.17) is 18.9 Å². The van der Waals surface area contributed by atoms with Gasteiger partial charge in [-0.1, -0.05) is 6.92 Å². The third-order valence-corrected chi connectivity index (χ3v) is 4.32. The summed E-state index contributed by atoms with van der Waals surface area (Å²) in [5.74, 6) is -1.22. The van der Waals surface area contributed by atoms with E-state index < -0.39 is 5.79 Å². The van der Waals surface area contributed by atoms with E-state index in [2.05, 4.69) is 0 Å². The molecule has 6 heteroatoms. The highest BCUT2D eigenvalue weighted by Gasteiger charge is 2.37. The summed E-state index contributed by atoms with van der Waals surface area (Å²) in [6, 6.07) is 0. The number of unbranched alkanes of at least 4 members (excludes halogenated alkanes) is 1. The normalized spacial score (nSPS) is 27.6. The number of carbonyl (C=O) groups is 2. The lowest BCUT2D eigenvalue weighted by Crippen LogP contribution is -2.33. The molecule has 0 aromatic heterocycles. The first-order valence-corrected chi connectivity index (χ1v) is 8.80. The zero-order chi connectivity index (χ0) is 16.5. The van der Waals surface area contributed by atoms with Crippen LogP contribution in [0, 0.1) is 0 Å². The van der Waals surface area contributed by atoms with Crippen LogP contribution >= 0.6 is 0 Å². The van der Waals surface area contributed by atoms with Crippen molar-refractivity contribution in [2.24, 2.45) is 0 Å². The molecule has 0 amide bonds. The molecule has 0 aliphatic carbocycles. The summed E-state index contributed by atoms with van der Waals surface area (Å²) >= 11 is 0. The molecule has 2 aliphatic rings. The molecular formula is C17H28O6. The number of carbonyl (C=O) groups excluding carboxylic acids is 2. The molecule has 0 N–H and O–H groups in total. The van der Waals surface area contributed by atoms with Crippen LogP contribution < -0.4 is 0 Å². The smallest absolute Gasteiger partial charge is 0.308 e. The van der Waals surface area contributed by atoms with Gasteiger partial charge in [0.05, 0.1) is 13.2 Å². The van der Waals surface area contributed by atoms with Gasteiger partial charge >= 0.3 is 11.9 Å². The Morgan fingerprint density at radius 2 is 1.87 bits per heavy atom. The lowest BCUT2D eigenvalue weighted by atomic mass is 10.1. The molecule has 0 bridgehead atoms. The van der Waals surface area contributed by atoms with Gasteiger partial charge in [0, 0.05) is 32.1 Å². The molecule has 2 heterocycles. The average Bonchev–Trinajstić information content (AvgIpc) is 3.01.